The van der Waals surface area contributed by atoms with Crippen LogP contribution in [-0.4, -0.2) is 35.0 Å². The van der Waals surface area contributed by atoms with Crippen LogP contribution in [0.3, 0.4) is 0 Å². The molecule has 5 heteroatoms. The number of hydrogen-bond donors (Lipinski definition) is 2. The van der Waals surface area contributed by atoms with Gasteiger partial charge in [0.15, 0.2) is 6.54 Å². The highest BCUT2D eigenvalue weighted by molar-refractivity contribution is 5.77. The summed E-state index contributed by atoms with van der Waals surface area (Å²) in [5, 5.41) is 9.96. The third kappa shape index (κ3) is 2.62. The molecule has 1 aromatic rings. The molecule has 3 rings (SSSR count). The second-order valence-electron chi connectivity index (χ2n) is 6.72. The number of carbonyl (C=O) groups excluding carboxylic acids is 1. The van der Waals surface area contributed by atoms with Crippen molar-refractivity contribution in [2.24, 2.45) is 5.92 Å². The molecule has 1 heterocycles. The summed E-state index contributed by atoms with van der Waals surface area (Å²) in [5.74, 6) is 1.00. The van der Waals surface area contributed by atoms with Crippen LogP contribution in [0.1, 0.15) is 44.2 Å². The van der Waals surface area contributed by atoms with Gasteiger partial charge >= 0.3 is 0 Å². The maximum atomic E-state index is 12.3. The normalized spacial score (nSPS) is 28.7. The van der Waals surface area contributed by atoms with Crippen LogP contribution < -0.4 is 18.1 Å². The fourth-order valence-corrected chi connectivity index (χ4v) is 5.02. The van der Waals surface area contributed by atoms with E-state index in [1.807, 2.05) is 12.1 Å². The van der Waals surface area contributed by atoms with E-state index >= 15 is 0 Å². The van der Waals surface area contributed by atoms with E-state index in [-0.39, 0.29) is 29.8 Å². The Kier molecular flexibility index (Phi) is 5.27. The van der Waals surface area contributed by atoms with Gasteiger partial charge in [-0.05, 0) is 48.4 Å². The summed E-state index contributed by atoms with van der Waals surface area (Å²) >= 11 is 0. The number of aromatic hydroxyl groups is 1. The first-order valence-electron chi connectivity index (χ1n) is 8.48. The minimum absolute atomic E-state index is 0. The highest BCUT2D eigenvalue weighted by Gasteiger charge is 2.52. The van der Waals surface area contributed by atoms with Gasteiger partial charge in [0.2, 0.25) is 0 Å². The second kappa shape index (κ2) is 6.70. The van der Waals surface area contributed by atoms with Gasteiger partial charge in [-0.2, -0.15) is 0 Å². The summed E-state index contributed by atoms with van der Waals surface area (Å²) in [4.78, 5) is 14.4. The minimum Gasteiger partial charge on any atom is -1.00 e. The third-order valence-electron chi connectivity index (χ3n) is 6.04. The Bertz CT molecular complexity index is 592. The smallest absolute Gasteiger partial charge is 0.277 e. The summed E-state index contributed by atoms with van der Waals surface area (Å²) < 4.78 is 0. The number of fused-ring (bicyclic) bond motifs is 4. The molecule has 1 amide bonds. The van der Waals surface area contributed by atoms with Crippen LogP contribution in [0.15, 0.2) is 18.2 Å². The van der Waals surface area contributed by atoms with E-state index < -0.39 is 0 Å². The molecule has 0 aromatic heterocycles. The third-order valence-corrected chi connectivity index (χ3v) is 6.04. The van der Waals surface area contributed by atoms with E-state index in [0.29, 0.717) is 18.2 Å². The van der Waals surface area contributed by atoms with E-state index in [1.165, 1.54) is 11.1 Å². The topological polar surface area (TPSA) is 68.2 Å². The lowest BCUT2D eigenvalue weighted by Crippen LogP contribution is -3.00. The summed E-state index contributed by atoms with van der Waals surface area (Å²) in [5.41, 5.74) is 6.51. The Balaban J connectivity index is 0.00000192. The molecular formula is C18H27ClN2O2. The van der Waals surface area contributed by atoms with Crippen molar-refractivity contribution in [1.29, 1.82) is 0 Å². The summed E-state index contributed by atoms with van der Waals surface area (Å²) in [6.07, 6.45) is 4.02. The SMILES string of the molecule is CCC1C2Cc3ccc(O)cc3C1(CC)CCN2C(=O)C[NH3+].[Cl-]. The molecular weight excluding hydrogens is 312 g/mol. The fraction of sp³-hybridized carbons (Fsp3) is 0.611. The number of likely N-dealkylation sites (tertiary alicyclic amines) is 1. The highest BCUT2D eigenvalue weighted by Crippen LogP contribution is 2.52. The fourth-order valence-electron chi connectivity index (χ4n) is 5.02. The number of hydrogen-bond acceptors (Lipinski definition) is 2. The molecule has 2 bridgehead atoms. The molecule has 1 aliphatic heterocycles. The van der Waals surface area contributed by atoms with Crippen LogP contribution in [-0.2, 0) is 16.6 Å². The first-order chi connectivity index (χ1) is 10.6. The minimum atomic E-state index is 0. The van der Waals surface area contributed by atoms with Gasteiger partial charge in [-0.3, -0.25) is 4.79 Å². The molecule has 2 aliphatic rings. The van der Waals surface area contributed by atoms with Crippen LogP contribution in [0.4, 0.5) is 0 Å². The lowest BCUT2D eigenvalue weighted by molar-refractivity contribution is -0.357. The number of quaternary nitrogens is 1. The molecule has 4 N–H and O–H groups in total. The van der Waals surface area contributed by atoms with Gasteiger partial charge in [-0.15, -0.1) is 0 Å². The number of phenols is 1. The van der Waals surface area contributed by atoms with Gasteiger partial charge in [-0.1, -0.05) is 26.3 Å². The molecule has 0 saturated carbocycles. The zero-order valence-electron chi connectivity index (χ0n) is 14.0. The van der Waals surface area contributed by atoms with Crippen LogP contribution in [0.5, 0.6) is 5.75 Å². The molecule has 1 saturated heterocycles. The predicted octanol–water partition coefficient (Wildman–Crippen LogP) is -1.53. The highest BCUT2D eigenvalue weighted by atomic mass is 35.5. The monoisotopic (exact) mass is 338 g/mol. The standard InChI is InChI=1S/C18H26N2O2.ClH/c1-3-14-16-9-12-5-6-13(21)10-15(12)18(14,4-2)7-8-20(16)17(22)11-19;/h5-6,10,14,16,21H,3-4,7-9,11,19H2,1-2H3;1H. The van der Waals surface area contributed by atoms with Crippen molar-refractivity contribution < 1.29 is 28.0 Å². The Hall–Kier alpha value is -1.26. The Morgan fingerprint density at radius 3 is 2.78 bits per heavy atom. The summed E-state index contributed by atoms with van der Waals surface area (Å²) in [6, 6.07) is 6.07. The number of rotatable bonds is 3. The molecule has 4 nitrogen and oxygen atoms in total. The lowest BCUT2D eigenvalue weighted by Gasteiger charge is -2.56. The molecule has 23 heavy (non-hydrogen) atoms. The van der Waals surface area contributed by atoms with Crippen molar-refractivity contribution in [1.82, 2.24) is 4.90 Å². The zero-order chi connectivity index (χ0) is 15.9. The summed E-state index contributed by atoms with van der Waals surface area (Å²) in [7, 11) is 0. The number of nitrogens with zero attached hydrogens (tertiary/aromatic N) is 1. The molecule has 1 aliphatic carbocycles. The van der Waals surface area contributed by atoms with Crippen molar-refractivity contribution in [2.75, 3.05) is 13.1 Å². The van der Waals surface area contributed by atoms with E-state index in [2.05, 4.69) is 24.5 Å². The molecule has 3 atom stereocenters. The van der Waals surface area contributed by atoms with Crippen LogP contribution in [0, 0.1) is 5.92 Å². The molecule has 128 valence electrons. The van der Waals surface area contributed by atoms with Crippen LogP contribution in [0.2, 0.25) is 0 Å². The Morgan fingerprint density at radius 2 is 2.17 bits per heavy atom. The van der Waals surface area contributed by atoms with E-state index in [1.54, 1.807) is 6.07 Å². The maximum Gasteiger partial charge on any atom is 0.277 e. The van der Waals surface area contributed by atoms with Crippen molar-refractivity contribution >= 4 is 5.91 Å². The number of benzene rings is 1. The Morgan fingerprint density at radius 1 is 1.43 bits per heavy atom. The first-order valence-corrected chi connectivity index (χ1v) is 8.48. The number of amides is 1. The van der Waals surface area contributed by atoms with Crippen molar-refractivity contribution in [2.45, 2.75) is 51.0 Å². The van der Waals surface area contributed by atoms with Gasteiger partial charge in [0.25, 0.3) is 5.91 Å². The Labute approximate surface area is 144 Å². The van der Waals surface area contributed by atoms with Crippen molar-refractivity contribution in [3.8, 4) is 5.75 Å². The van der Waals surface area contributed by atoms with Crippen LogP contribution >= 0.6 is 0 Å². The molecule has 0 spiro atoms. The van der Waals surface area contributed by atoms with Gasteiger partial charge in [-0.25, -0.2) is 0 Å². The van der Waals surface area contributed by atoms with Gasteiger partial charge < -0.3 is 28.1 Å². The first kappa shape index (κ1) is 18.1. The number of carbonyl (C=O) groups is 1. The quantitative estimate of drug-likeness (QED) is 0.702. The van der Waals surface area contributed by atoms with Crippen LogP contribution in [0.25, 0.3) is 0 Å². The maximum absolute atomic E-state index is 12.3. The molecule has 1 aromatic carbocycles. The average molecular weight is 339 g/mol. The van der Waals surface area contributed by atoms with Crippen molar-refractivity contribution in [3.05, 3.63) is 29.3 Å². The van der Waals surface area contributed by atoms with E-state index in [9.17, 15) is 9.90 Å². The predicted molar refractivity (Wildman–Crippen MR) is 85.4 cm³/mol. The number of piperidine rings is 1. The molecule has 3 unspecified atom stereocenters. The average Bonchev–Trinajstić information content (AvgIpc) is 2.54. The van der Waals surface area contributed by atoms with E-state index in [4.69, 9.17) is 0 Å². The lowest BCUT2D eigenvalue weighted by atomic mass is 9.55. The number of halogens is 1. The van der Waals surface area contributed by atoms with Crippen molar-refractivity contribution in [3.63, 3.8) is 0 Å². The largest absolute Gasteiger partial charge is 1.00 e. The van der Waals surface area contributed by atoms with Gasteiger partial charge in [0.05, 0.1) is 0 Å². The van der Waals surface area contributed by atoms with Gasteiger partial charge in [0, 0.05) is 18.0 Å². The van der Waals surface area contributed by atoms with E-state index in [0.717, 1.165) is 32.2 Å². The number of phenolic OH excluding ortho intramolecular Hbond substituents is 1. The summed E-state index contributed by atoms with van der Waals surface area (Å²) in [6.45, 7) is 5.64. The van der Waals surface area contributed by atoms with Gasteiger partial charge in [0.1, 0.15) is 5.75 Å². The second-order valence-corrected chi connectivity index (χ2v) is 6.72. The molecule has 0 radical (unpaired) electrons. The zero-order valence-corrected chi connectivity index (χ0v) is 14.8. The molecule has 1 fully saturated rings.